The Hall–Kier alpha value is -1.82. The van der Waals surface area contributed by atoms with Crippen LogP contribution in [-0.4, -0.2) is 30.7 Å². The summed E-state index contributed by atoms with van der Waals surface area (Å²) >= 11 is 0. The number of nitrogens with two attached hydrogens (primary N) is 1. The molecule has 0 saturated heterocycles. The van der Waals surface area contributed by atoms with Crippen LogP contribution in [0.25, 0.3) is 0 Å². The van der Waals surface area contributed by atoms with E-state index in [2.05, 4.69) is 5.32 Å². The topological polar surface area (TPSA) is 86.3 Å². The SMILES string of the molecule is COCCCNC(=O)Cn1cc(N)ccc1=O. The first-order chi connectivity index (χ1) is 8.13. The quantitative estimate of drug-likeness (QED) is 0.660. The molecule has 6 heteroatoms. The summed E-state index contributed by atoms with van der Waals surface area (Å²) in [5.74, 6) is -0.214. The average molecular weight is 239 g/mol. The third-order valence-corrected chi connectivity index (χ3v) is 2.17. The van der Waals surface area contributed by atoms with Crippen molar-refractivity contribution in [2.75, 3.05) is 26.0 Å². The number of nitrogens with zero attached hydrogens (tertiary/aromatic N) is 1. The van der Waals surface area contributed by atoms with E-state index in [1.54, 1.807) is 7.11 Å². The summed E-state index contributed by atoms with van der Waals surface area (Å²) in [6.07, 6.45) is 2.20. The van der Waals surface area contributed by atoms with E-state index in [4.69, 9.17) is 10.5 Å². The minimum atomic E-state index is -0.244. The molecule has 0 unspecified atom stereocenters. The molecule has 0 radical (unpaired) electrons. The second-order valence-corrected chi connectivity index (χ2v) is 3.62. The third-order valence-electron chi connectivity index (χ3n) is 2.17. The lowest BCUT2D eigenvalue weighted by atomic mass is 10.4. The number of carbonyl (C=O) groups excluding carboxylic acids is 1. The molecule has 1 amide bonds. The molecule has 0 aliphatic rings. The van der Waals surface area contributed by atoms with E-state index in [1.807, 2.05) is 0 Å². The van der Waals surface area contributed by atoms with Crippen LogP contribution in [0.15, 0.2) is 23.1 Å². The fourth-order valence-corrected chi connectivity index (χ4v) is 1.33. The molecule has 17 heavy (non-hydrogen) atoms. The van der Waals surface area contributed by atoms with Gasteiger partial charge >= 0.3 is 0 Å². The number of anilines is 1. The number of nitrogen functional groups attached to an aromatic ring is 1. The number of aromatic nitrogens is 1. The summed E-state index contributed by atoms with van der Waals surface area (Å²) in [6, 6.07) is 2.85. The van der Waals surface area contributed by atoms with Crippen LogP contribution in [0.3, 0.4) is 0 Å². The predicted molar refractivity (Wildman–Crippen MR) is 64.6 cm³/mol. The number of ether oxygens (including phenoxy) is 1. The van der Waals surface area contributed by atoms with E-state index in [0.29, 0.717) is 18.8 Å². The first-order valence-electron chi connectivity index (χ1n) is 5.35. The third kappa shape index (κ3) is 4.69. The van der Waals surface area contributed by atoms with Crippen molar-refractivity contribution < 1.29 is 9.53 Å². The molecule has 0 saturated carbocycles. The second kappa shape index (κ2) is 6.70. The van der Waals surface area contributed by atoms with Gasteiger partial charge < -0.3 is 20.4 Å². The lowest BCUT2D eigenvalue weighted by Gasteiger charge is -2.07. The summed E-state index contributed by atoms with van der Waals surface area (Å²) in [4.78, 5) is 22.9. The molecule has 1 aromatic heterocycles. The van der Waals surface area contributed by atoms with E-state index in [1.165, 1.54) is 22.9 Å². The Kier molecular flexibility index (Phi) is 5.22. The van der Waals surface area contributed by atoms with Gasteiger partial charge in [0.2, 0.25) is 5.91 Å². The molecular formula is C11H17N3O3. The van der Waals surface area contributed by atoms with Crippen molar-refractivity contribution in [2.45, 2.75) is 13.0 Å². The van der Waals surface area contributed by atoms with Crippen molar-refractivity contribution >= 4 is 11.6 Å². The monoisotopic (exact) mass is 239 g/mol. The van der Waals surface area contributed by atoms with Gasteiger partial charge in [0.1, 0.15) is 6.54 Å². The lowest BCUT2D eigenvalue weighted by Crippen LogP contribution is -2.32. The molecule has 6 nitrogen and oxygen atoms in total. The van der Waals surface area contributed by atoms with Gasteiger partial charge in [-0.15, -0.1) is 0 Å². The number of rotatable bonds is 6. The maximum Gasteiger partial charge on any atom is 0.251 e. The smallest absolute Gasteiger partial charge is 0.251 e. The number of carbonyl (C=O) groups is 1. The van der Waals surface area contributed by atoms with E-state index in [-0.39, 0.29) is 18.0 Å². The number of methoxy groups -OCH3 is 1. The molecule has 0 fully saturated rings. The fourth-order valence-electron chi connectivity index (χ4n) is 1.33. The van der Waals surface area contributed by atoms with Crippen LogP contribution in [0.1, 0.15) is 6.42 Å². The zero-order valence-electron chi connectivity index (χ0n) is 9.81. The molecule has 1 rings (SSSR count). The molecule has 3 N–H and O–H groups in total. The Morgan fingerprint density at radius 2 is 2.29 bits per heavy atom. The van der Waals surface area contributed by atoms with E-state index in [9.17, 15) is 9.59 Å². The standard InChI is InChI=1S/C11H17N3O3/c1-17-6-2-5-13-10(15)8-14-7-9(12)3-4-11(14)16/h3-4,7H,2,5-6,8,12H2,1H3,(H,13,15). The van der Waals surface area contributed by atoms with Crippen LogP contribution in [0, 0.1) is 0 Å². The van der Waals surface area contributed by atoms with Gasteiger partial charge in [-0.3, -0.25) is 9.59 Å². The summed E-state index contributed by atoms with van der Waals surface area (Å²) in [6.45, 7) is 1.11. The Balaban J connectivity index is 2.45. The highest BCUT2D eigenvalue weighted by molar-refractivity contribution is 5.75. The zero-order chi connectivity index (χ0) is 12.7. The molecule has 94 valence electrons. The normalized spacial score (nSPS) is 10.2. The Bertz CT molecular complexity index is 428. The Morgan fingerprint density at radius 3 is 3.00 bits per heavy atom. The van der Waals surface area contributed by atoms with Gasteiger partial charge in [0.15, 0.2) is 0 Å². The van der Waals surface area contributed by atoms with Crippen LogP contribution in [0.4, 0.5) is 5.69 Å². The number of nitrogens with one attached hydrogen (secondary N) is 1. The summed E-state index contributed by atoms with van der Waals surface area (Å²) in [5.41, 5.74) is 5.75. The number of pyridine rings is 1. The molecule has 1 aromatic rings. The predicted octanol–water partition coefficient (Wildman–Crippen LogP) is -0.417. The van der Waals surface area contributed by atoms with Crippen LogP contribution in [0.5, 0.6) is 0 Å². The average Bonchev–Trinajstić information content (AvgIpc) is 2.29. The van der Waals surface area contributed by atoms with E-state index in [0.717, 1.165) is 6.42 Å². The lowest BCUT2D eigenvalue weighted by molar-refractivity contribution is -0.121. The van der Waals surface area contributed by atoms with Crippen LogP contribution >= 0.6 is 0 Å². The van der Waals surface area contributed by atoms with Crippen LogP contribution in [-0.2, 0) is 16.1 Å². The van der Waals surface area contributed by atoms with Gasteiger partial charge in [-0.05, 0) is 12.5 Å². The fraction of sp³-hybridized carbons (Fsp3) is 0.455. The molecule has 0 aliphatic carbocycles. The second-order valence-electron chi connectivity index (χ2n) is 3.62. The van der Waals surface area contributed by atoms with E-state index >= 15 is 0 Å². The molecule has 0 bridgehead atoms. The van der Waals surface area contributed by atoms with Gasteiger partial charge in [0.25, 0.3) is 5.56 Å². The van der Waals surface area contributed by atoms with Crippen molar-refractivity contribution in [1.82, 2.24) is 9.88 Å². The minimum absolute atomic E-state index is 0.0170. The van der Waals surface area contributed by atoms with Crippen LogP contribution < -0.4 is 16.6 Å². The molecule has 0 spiro atoms. The number of hydrogen-bond acceptors (Lipinski definition) is 4. The number of amides is 1. The number of hydrogen-bond donors (Lipinski definition) is 2. The van der Waals surface area contributed by atoms with Gasteiger partial charge in [0.05, 0.1) is 0 Å². The Labute approximate surface area is 99.4 Å². The van der Waals surface area contributed by atoms with Gasteiger partial charge in [-0.25, -0.2) is 0 Å². The summed E-state index contributed by atoms with van der Waals surface area (Å²) in [5, 5.41) is 2.69. The van der Waals surface area contributed by atoms with Crippen LogP contribution in [0.2, 0.25) is 0 Å². The highest BCUT2D eigenvalue weighted by Gasteiger charge is 2.03. The van der Waals surface area contributed by atoms with Gasteiger partial charge in [0, 0.05) is 38.2 Å². The van der Waals surface area contributed by atoms with Crippen molar-refractivity contribution in [3.8, 4) is 0 Å². The van der Waals surface area contributed by atoms with E-state index < -0.39 is 0 Å². The maximum absolute atomic E-state index is 11.5. The molecule has 0 aromatic carbocycles. The van der Waals surface area contributed by atoms with Crippen molar-refractivity contribution in [3.05, 3.63) is 28.7 Å². The highest BCUT2D eigenvalue weighted by Crippen LogP contribution is 1.95. The van der Waals surface area contributed by atoms with Crippen molar-refractivity contribution in [3.63, 3.8) is 0 Å². The van der Waals surface area contributed by atoms with Gasteiger partial charge in [-0.2, -0.15) is 0 Å². The molecular weight excluding hydrogens is 222 g/mol. The first kappa shape index (κ1) is 13.2. The zero-order valence-corrected chi connectivity index (χ0v) is 9.81. The largest absolute Gasteiger partial charge is 0.398 e. The summed E-state index contributed by atoms with van der Waals surface area (Å²) < 4.78 is 6.13. The molecule has 1 heterocycles. The molecule has 0 aliphatic heterocycles. The maximum atomic E-state index is 11.5. The van der Waals surface area contributed by atoms with Crippen molar-refractivity contribution in [2.24, 2.45) is 0 Å². The van der Waals surface area contributed by atoms with Crippen molar-refractivity contribution in [1.29, 1.82) is 0 Å². The van der Waals surface area contributed by atoms with Gasteiger partial charge in [-0.1, -0.05) is 0 Å². The molecule has 0 atom stereocenters. The minimum Gasteiger partial charge on any atom is -0.398 e. The first-order valence-corrected chi connectivity index (χ1v) is 5.35. The Morgan fingerprint density at radius 1 is 1.53 bits per heavy atom. The highest BCUT2D eigenvalue weighted by atomic mass is 16.5. The summed E-state index contributed by atoms with van der Waals surface area (Å²) in [7, 11) is 1.61.